The quantitative estimate of drug-likeness (QED) is 0.759. The van der Waals surface area contributed by atoms with Gasteiger partial charge in [0.15, 0.2) is 18.0 Å². The highest BCUT2D eigenvalue weighted by molar-refractivity contribution is 6.24. The smallest absolute Gasteiger partial charge is 0.303 e. The molecule has 0 aromatic carbocycles. The minimum absolute atomic E-state index is 0.0366. The van der Waals surface area contributed by atoms with E-state index in [1.165, 1.54) is 21.0 Å². The molecule has 1 aromatic heterocycles. The van der Waals surface area contributed by atoms with Crippen LogP contribution < -0.4 is 0 Å². The van der Waals surface area contributed by atoms with Crippen LogP contribution in [0.15, 0.2) is 11.8 Å². The topological polar surface area (TPSA) is 101 Å². The highest BCUT2D eigenvalue weighted by Crippen LogP contribution is 2.41. The first-order valence-corrected chi connectivity index (χ1v) is 7.68. The zero-order valence-corrected chi connectivity index (χ0v) is 14.2. The zero-order valence-electron chi connectivity index (χ0n) is 14.2. The van der Waals surface area contributed by atoms with E-state index in [1.807, 2.05) is 0 Å². The van der Waals surface area contributed by atoms with Crippen molar-refractivity contribution in [3.63, 3.8) is 0 Å². The normalized spacial score (nSPS) is 21.4. The Morgan fingerprint density at radius 3 is 2.36 bits per heavy atom. The largest absolute Gasteiger partial charge is 0.492 e. The molecule has 2 heterocycles. The van der Waals surface area contributed by atoms with E-state index in [9.17, 15) is 19.2 Å². The van der Waals surface area contributed by atoms with Gasteiger partial charge in [-0.2, -0.15) is 0 Å². The van der Waals surface area contributed by atoms with Crippen molar-refractivity contribution in [1.29, 1.82) is 0 Å². The van der Waals surface area contributed by atoms with Crippen molar-refractivity contribution in [2.75, 3.05) is 7.11 Å². The van der Waals surface area contributed by atoms with Gasteiger partial charge in [0, 0.05) is 19.9 Å². The molecule has 132 valence electrons. The van der Waals surface area contributed by atoms with Gasteiger partial charge in [-0.15, -0.1) is 0 Å². The third-order valence-corrected chi connectivity index (χ3v) is 4.30. The molecule has 0 fully saturated rings. The summed E-state index contributed by atoms with van der Waals surface area (Å²) in [7, 11) is 1.32. The molecule has 0 bridgehead atoms. The van der Waals surface area contributed by atoms with Crippen LogP contribution in [0, 0.1) is 6.92 Å². The van der Waals surface area contributed by atoms with Gasteiger partial charge in [-0.3, -0.25) is 19.2 Å². The molecule has 2 aliphatic rings. The van der Waals surface area contributed by atoms with Crippen LogP contribution in [-0.2, 0) is 30.3 Å². The SMILES string of the molecule is COC1=CC(=O)c2c(c(C)c3n2C[C@H](OC(C)=O)[C@@H]3OC(C)=O)C1=O. The van der Waals surface area contributed by atoms with Crippen molar-refractivity contribution in [1.82, 2.24) is 4.57 Å². The minimum Gasteiger partial charge on any atom is -0.492 e. The molecular weight excluding hydrogens is 330 g/mol. The zero-order chi connectivity index (χ0) is 18.5. The van der Waals surface area contributed by atoms with Gasteiger partial charge in [-0.25, -0.2) is 0 Å². The number of hydrogen-bond donors (Lipinski definition) is 0. The highest BCUT2D eigenvalue weighted by Gasteiger charge is 2.45. The number of fused-ring (bicyclic) bond motifs is 3. The maximum atomic E-state index is 12.6. The predicted molar refractivity (Wildman–Crippen MR) is 83.0 cm³/mol. The first-order chi connectivity index (χ1) is 11.8. The average Bonchev–Trinajstić information content (AvgIpc) is 2.98. The van der Waals surface area contributed by atoms with Gasteiger partial charge >= 0.3 is 11.9 Å². The van der Waals surface area contributed by atoms with Crippen molar-refractivity contribution in [2.45, 2.75) is 39.5 Å². The fourth-order valence-corrected chi connectivity index (χ4v) is 3.46. The van der Waals surface area contributed by atoms with Crippen LogP contribution in [0.3, 0.4) is 0 Å². The molecule has 3 rings (SSSR count). The number of aromatic nitrogens is 1. The number of carbonyl (C=O) groups is 4. The van der Waals surface area contributed by atoms with E-state index >= 15 is 0 Å². The Balaban J connectivity index is 2.14. The van der Waals surface area contributed by atoms with E-state index in [1.54, 1.807) is 11.5 Å². The molecule has 0 N–H and O–H groups in total. The second-order valence-electron chi connectivity index (χ2n) is 5.93. The van der Waals surface area contributed by atoms with Gasteiger partial charge < -0.3 is 18.8 Å². The van der Waals surface area contributed by atoms with Crippen molar-refractivity contribution in [3.8, 4) is 0 Å². The molecule has 0 radical (unpaired) electrons. The number of Topliss-reactive ketones (excluding diaryl/α,β-unsaturated/α-hetero) is 1. The summed E-state index contributed by atoms with van der Waals surface area (Å²) in [6.45, 7) is 4.29. The summed E-state index contributed by atoms with van der Waals surface area (Å²) in [6, 6.07) is 0. The lowest BCUT2D eigenvalue weighted by molar-refractivity contribution is -0.164. The predicted octanol–water partition coefficient (Wildman–Crippen LogP) is 1.26. The van der Waals surface area contributed by atoms with Crippen LogP contribution in [0.1, 0.15) is 52.1 Å². The Kier molecular flexibility index (Phi) is 3.98. The van der Waals surface area contributed by atoms with Crippen LogP contribution >= 0.6 is 0 Å². The third kappa shape index (κ3) is 2.54. The number of carbonyl (C=O) groups excluding carboxylic acids is 4. The van der Waals surface area contributed by atoms with Crippen LogP contribution in [-0.4, -0.2) is 41.3 Å². The Labute approximate surface area is 143 Å². The first-order valence-electron chi connectivity index (χ1n) is 7.68. The number of nitrogens with zero attached hydrogens (tertiary/aromatic N) is 1. The number of rotatable bonds is 3. The molecule has 1 aliphatic carbocycles. The number of ether oxygens (including phenoxy) is 3. The standard InChI is InChI=1S/C17H17NO7/c1-7-13-15(10(21)5-11(23-4)16(13)22)18-6-12(24-8(2)19)17(14(7)18)25-9(3)20/h5,12,17H,6H2,1-4H3/t12-,17-/m0/s1. The van der Waals surface area contributed by atoms with E-state index in [-0.39, 0.29) is 29.3 Å². The Morgan fingerprint density at radius 2 is 1.80 bits per heavy atom. The first kappa shape index (κ1) is 16.9. The van der Waals surface area contributed by atoms with Crippen LogP contribution in [0.5, 0.6) is 0 Å². The number of ketones is 2. The van der Waals surface area contributed by atoms with E-state index in [2.05, 4.69) is 0 Å². The third-order valence-electron chi connectivity index (χ3n) is 4.30. The number of esters is 2. The summed E-state index contributed by atoms with van der Waals surface area (Å²) in [5, 5.41) is 0. The number of allylic oxidation sites excluding steroid dienone is 2. The van der Waals surface area contributed by atoms with Crippen molar-refractivity contribution >= 4 is 23.5 Å². The second-order valence-corrected chi connectivity index (χ2v) is 5.93. The van der Waals surface area contributed by atoms with Crippen LogP contribution in [0.25, 0.3) is 0 Å². The average molecular weight is 347 g/mol. The summed E-state index contributed by atoms with van der Waals surface area (Å²) >= 11 is 0. The van der Waals surface area contributed by atoms with E-state index in [0.717, 1.165) is 6.08 Å². The van der Waals surface area contributed by atoms with Gasteiger partial charge in [0.05, 0.1) is 24.9 Å². The summed E-state index contributed by atoms with van der Waals surface area (Å²) in [5.41, 5.74) is 1.43. The molecule has 1 aromatic rings. The molecule has 8 nitrogen and oxygen atoms in total. The Bertz CT molecular complexity index is 846. The monoisotopic (exact) mass is 347 g/mol. The van der Waals surface area contributed by atoms with Gasteiger partial charge in [0.2, 0.25) is 11.6 Å². The summed E-state index contributed by atoms with van der Waals surface area (Å²) < 4.78 is 17.1. The van der Waals surface area contributed by atoms with Crippen LogP contribution in [0.2, 0.25) is 0 Å². The summed E-state index contributed by atoms with van der Waals surface area (Å²) in [6.07, 6.45) is -0.494. The number of methoxy groups -OCH3 is 1. The van der Waals surface area contributed by atoms with Crippen molar-refractivity contribution < 1.29 is 33.4 Å². The molecule has 0 spiro atoms. The Hall–Kier alpha value is -2.90. The van der Waals surface area contributed by atoms with Crippen molar-refractivity contribution in [2.24, 2.45) is 0 Å². The molecule has 0 unspecified atom stereocenters. The fourth-order valence-electron chi connectivity index (χ4n) is 3.46. The maximum absolute atomic E-state index is 12.6. The van der Waals surface area contributed by atoms with Crippen LogP contribution in [0.4, 0.5) is 0 Å². The van der Waals surface area contributed by atoms with E-state index in [4.69, 9.17) is 14.2 Å². The molecule has 0 amide bonds. The van der Waals surface area contributed by atoms with Gasteiger partial charge in [0.1, 0.15) is 5.69 Å². The molecule has 2 atom stereocenters. The molecule has 8 heteroatoms. The molecule has 0 saturated heterocycles. The van der Waals surface area contributed by atoms with E-state index < -0.39 is 29.9 Å². The lowest BCUT2D eigenvalue weighted by atomic mass is 9.95. The van der Waals surface area contributed by atoms with E-state index in [0.29, 0.717) is 11.3 Å². The summed E-state index contributed by atoms with van der Waals surface area (Å²) in [5.74, 6) is -1.90. The lowest BCUT2D eigenvalue weighted by Gasteiger charge is -2.20. The molecular formula is C17H17NO7. The molecule has 0 saturated carbocycles. The Morgan fingerprint density at radius 1 is 1.16 bits per heavy atom. The summed E-state index contributed by atoms with van der Waals surface area (Å²) in [4.78, 5) is 47.9. The van der Waals surface area contributed by atoms with Gasteiger partial charge in [-0.05, 0) is 12.5 Å². The molecule has 25 heavy (non-hydrogen) atoms. The minimum atomic E-state index is -0.876. The van der Waals surface area contributed by atoms with Gasteiger partial charge in [0.25, 0.3) is 0 Å². The maximum Gasteiger partial charge on any atom is 0.303 e. The second kappa shape index (κ2) is 5.87. The van der Waals surface area contributed by atoms with Gasteiger partial charge in [-0.1, -0.05) is 0 Å². The highest BCUT2D eigenvalue weighted by atomic mass is 16.6. The van der Waals surface area contributed by atoms with Crippen molar-refractivity contribution in [3.05, 3.63) is 34.3 Å². The molecule has 1 aliphatic heterocycles. The lowest BCUT2D eigenvalue weighted by Crippen LogP contribution is -2.27. The number of hydrogen-bond acceptors (Lipinski definition) is 7. The fraction of sp³-hybridized carbons (Fsp3) is 0.412.